The average Bonchev–Trinajstić information content (AvgIpc) is 1.79. The van der Waals surface area contributed by atoms with Gasteiger partial charge in [0.1, 0.15) is 0 Å². The third-order valence-corrected chi connectivity index (χ3v) is 0.964. The molecule has 0 aromatic heterocycles. The van der Waals surface area contributed by atoms with Gasteiger partial charge in [-0.05, 0) is 6.92 Å². The lowest BCUT2D eigenvalue weighted by Crippen LogP contribution is -1.94. The van der Waals surface area contributed by atoms with E-state index < -0.39 is 0 Å². The molecule has 2 heteroatoms. The molecule has 1 heterocycles. The van der Waals surface area contributed by atoms with E-state index in [1.807, 2.05) is 13.1 Å². The fourth-order valence-corrected chi connectivity index (χ4v) is 0.529. The molecule has 0 amide bonds. The lowest BCUT2D eigenvalue weighted by Gasteiger charge is -1.92. The Labute approximate surface area is 54.7 Å². The van der Waals surface area contributed by atoms with E-state index in [0.29, 0.717) is 6.54 Å². The van der Waals surface area contributed by atoms with Crippen molar-refractivity contribution in [3.63, 3.8) is 0 Å². The summed E-state index contributed by atoms with van der Waals surface area (Å²) in [6.45, 7) is 2.66. The molecule has 0 aromatic rings. The fraction of sp³-hybridized carbons (Fsp3) is 0.429. The van der Waals surface area contributed by atoms with Gasteiger partial charge in [-0.25, -0.2) is 4.99 Å². The molecule has 1 unspecified atom stereocenters. The Bertz CT molecular complexity index is 193. The summed E-state index contributed by atoms with van der Waals surface area (Å²) in [4.78, 5) is 7.82. The first-order valence-electron chi connectivity index (χ1n) is 2.91. The molecule has 0 radical (unpaired) electrons. The topological polar surface area (TPSA) is 24.7 Å². The van der Waals surface area contributed by atoms with Crippen LogP contribution in [0.4, 0.5) is 0 Å². The fourth-order valence-electron chi connectivity index (χ4n) is 0.529. The number of hydrogen-bond donors (Lipinski definition) is 0. The van der Waals surface area contributed by atoms with Crippen molar-refractivity contribution in [3.8, 4) is 12.0 Å². The molecule has 9 heavy (non-hydrogen) atoms. The first kappa shape index (κ1) is 6.03. The van der Waals surface area contributed by atoms with Crippen molar-refractivity contribution in [1.29, 1.82) is 0 Å². The largest absolute Gasteiger partial charge is 0.290 e. The maximum Gasteiger partial charge on any atom is 0.0747 e. The summed E-state index contributed by atoms with van der Waals surface area (Å²) in [5.74, 6) is 3.14. The van der Waals surface area contributed by atoms with Crippen molar-refractivity contribution in [2.75, 3.05) is 6.54 Å². The highest BCUT2D eigenvalue weighted by Crippen LogP contribution is 1.87. The predicted octanol–water partition coefficient (Wildman–Crippen LogP) is 0.739. The number of aliphatic imine (C=N–C) groups is 2. The molecule has 1 atom stereocenters. The summed E-state index contributed by atoms with van der Waals surface area (Å²) in [6, 6.07) is 2.67. The van der Waals surface area contributed by atoms with E-state index in [1.165, 1.54) is 0 Å². The molecule has 0 aromatic carbocycles. The average molecular weight is 120 g/mol. The van der Waals surface area contributed by atoms with E-state index in [1.54, 1.807) is 6.21 Å². The minimum Gasteiger partial charge on any atom is -0.290 e. The van der Waals surface area contributed by atoms with Crippen LogP contribution in [-0.2, 0) is 0 Å². The van der Waals surface area contributed by atoms with Crippen molar-refractivity contribution in [3.05, 3.63) is 0 Å². The van der Waals surface area contributed by atoms with Crippen molar-refractivity contribution in [1.82, 2.24) is 0 Å². The number of rotatable bonds is 0. The zero-order valence-corrected chi connectivity index (χ0v) is 5.33. The van der Waals surface area contributed by atoms with Crippen LogP contribution in [0.25, 0.3) is 0 Å². The predicted molar refractivity (Wildman–Crippen MR) is 38.8 cm³/mol. The number of hydrogen-bond acceptors (Lipinski definition) is 2. The van der Waals surface area contributed by atoms with Gasteiger partial charge in [0.25, 0.3) is 0 Å². The molecule has 0 N–H and O–H groups in total. The molecule has 0 bridgehead atoms. The van der Waals surface area contributed by atoms with E-state index in [4.69, 9.17) is 0 Å². The quantitative estimate of drug-likeness (QED) is 0.421. The molecular weight excluding hydrogens is 112 g/mol. The van der Waals surface area contributed by atoms with Gasteiger partial charge in [-0.1, -0.05) is 5.92 Å². The molecule has 1 aliphatic heterocycles. The first-order chi connectivity index (χ1) is 4.39. The van der Waals surface area contributed by atoms with Gasteiger partial charge < -0.3 is 0 Å². The zero-order chi connectivity index (χ0) is 6.53. The molecule has 0 aliphatic carbocycles. The summed E-state index contributed by atoms with van der Waals surface area (Å²) in [5.41, 5.74) is 0. The van der Waals surface area contributed by atoms with E-state index >= 15 is 0 Å². The van der Waals surface area contributed by atoms with Crippen molar-refractivity contribution in [2.45, 2.75) is 6.92 Å². The monoisotopic (exact) mass is 120 g/mol. The Morgan fingerprint density at radius 1 is 1.67 bits per heavy atom. The van der Waals surface area contributed by atoms with Crippen LogP contribution in [0.1, 0.15) is 6.92 Å². The van der Waals surface area contributed by atoms with Crippen LogP contribution < -0.4 is 0 Å². The van der Waals surface area contributed by atoms with Crippen LogP contribution in [0.3, 0.4) is 0 Å². The van der Waals surface area contributed by atoms with Gasteiger partial charge in [-0.15, -0.1) is 0 Å². The van der Waals surface area contributed by atoms with Gasteiger partial charge >= 0.3 is 0 Å². The minimum absolute atomic E-state index is 0.252. The Kier molecular flexibility index (Phi) is 2.03. The van der Waals surface area contributed by atoms with Gasteiger partial charge in [0.2, 0.25) is 0 Å². The lowest BCUT2D eigenvalue weighted by atomic mass is 10.2. The standard InChI is InChI=1S/C7H8N2/c1-7-2-3-8-4-5-9-6-7/h4,6-7H,5H2,1H3. The second-order valence-electron chi connectivity index (χ2n) is 1.87. The van der Waals surface area contributed by atoms with E-state index in [-0.39, 0.29) is 5.92 Å². The Morgan fingerprint density at radius 2 is 2.56 bits per heavy atom. The van der Waals surface area contributed by atoms with Crippen LogP contribution in [0, 0.1) is 17.9 Å². The van der Waals surface area contributed by atoms with E-state index in [0.717, 1.165) is 0 Å². The van der Waals surface area contributed by atoms with Crippen LogP contribution in [-0.4, -0.2) is 19.0 Å². The Morgan fingerprint density at radius 3 is 3.44 bits per heavy atom. The SMILES string of the molecule is CC1C#CN=CCN=C1. The number of nitrogens with zero attached hydrogens (tertiary/aromatic N) is 2. The maximum atomic E-state index is 4.04. The molecule has 2 nitrogen and oxygen atoms in total. The summed E-state index contributed by atoms with van der Waals surface area (Å²) < 4.78 is 0. The summed E-state index contributed by atoms with van der Waals surface area (Å²) in [5, 5.41) is 0. The van der Waals surface area contributed by atoms with Crippen LogP contribution in [0.5, 0.6) is 0 Å². The van der Waals surface area contributed by atoms with E-state index in [2.05, 4.69) is 21.9 Å². The summed E-state index contributed by atoms with van der Waals surface area (Å²) in [6.07, 6.45) is 3.55. The second kappa shape index (κ2) is 3.03. The van der Waals surface area contributed by atoms with Gasteiger partial charge in [0.15, 0.2) is 0 Å². The Hall–Kier alpha value is -1.10. The molecule has 1 aliphatic rings. The van der Waals surface area contributed by atoms with Gasteiger partial charge in [-0.3, -0.25) is 4.99 Å². The highest BCUT2D eigenvalue weighted by molar-refractivity contribution is 5.70. The third kappa shape index (κ3) is 2.09. The maximum absolute atomic E-state index is 4.04. The molecular formula is C7H8N2. The molecule has 0 saturated carbocycles. The van der Waals surface area contributed by atoms with Crippen molar-refractivity contribution < 1.29 is 0 Å². The highest BCUT2D eigenvalue weighted by Gasteiger charge is 1.88. The molecule has 0 spiro atoms. The van der Waals surface area contributed by atoms with Crippen LogP contribution in [0.15, 0.2) is 9.98 Å². The summed E-state index contributed by atoms with van der Waals surface area (Å²) in [7, 11) is 0. The highest BCUT2D eigenvalue weighted by atomic mass is 14.8. The minimum atomic E-state index is 0.252. The normalized spacial score (nSPS) is 23.9. The molecule has 46 valence electrons. The molecule has 0 saturated heterocycles. The third-order valence-electron chi connectivity index (χ3n) is 0.964. The molecule has 1 rings (SSSR count). The van der Waals surface area contributed by atoms with Crippen LogP contribution >= 0.6 is 0 Å². The summed E-state index contributed by atoms with van der Waals surface area (Å²) >= 11 is 0. The van der Waals surface area contributed by atoms with Gasteiger partial charge in [-0.2, -0.15) is 0 Å². The van der Waals surface area contributed by atoms with E-state index in [9.17, 15) is 0 Å². The van der Waals surface area contributed by atoms with Gasteiger partial charge in [0, 0.05) is 18.5 Å². The smallest absolute Gasteiger partial charge is 0.0747 e. The van der Waals surface area contributed by atoms with Crippen LogP contribution in [0.2, 0.25) is 0 Å². The van der Waals surface area contributed by atoms with Gasteiger partial charge in [0.05, 0.1) is 12.5 Å². The second-order valence-corrected chi connectivity index (χ2v) is 1.87. The lowest BCUT2D eigenvalue weighted by molar-refractivity contribution is 1.05. The first-order valence-corrected chi connectivity index (χ1v) is 2.91. The molecule has 0 fully saturated rings. The van der Waals surface area contributed by atoms with Crippen molar-refractivity contribution in [2.24, 2.45) is 15.9 Å². The zero-order valence-electron chi connectivity index (χ0n) is 5.33. The van der Waals surface area contributed by atoms with Crippen molar-refractivity contribution >= 4 is 12.4 Å². The Balaban J connectivity index is 2.69.